The molecule has 6 heteroatoms. The number of ether oxygens (including phenoxy) is 1. The molecule has 0 radical (unpaired) electrons. The van der Waals surface area contributed by atoms with Crippen molar-refractivity contribution in [2.45, 2.75) is 0 Å². The number of anilines is 3. The van der Waals surface area contributed by atoms with Crippen molar-refractivity contribution in [3.63, 3.8) is 0 Å². The minimum atomic E-state index is -0.307. The highest BCUT2D eigenvalue weighted by molar-refractivity contribution is 6.03. The van der Waals surface area contributed by atoms with Gasteiger partial charge in [0.1, 0.15) is 17.3 Å². The number of carbonyl (C=O) groups is 1. The van der Waals surface area contributed by atoms with Gasteiger partial charge in [0, 0.05) is 23.0 Å². The molecule has 0 aliphatic carbocycles. The maximum absolute atomic E-state index is 12.8. The Balaban J connectivity index is 1.68. The zero-order chi connectivity index (χ0) is 20.8. The van der Waals surface area contributed by atoms with Gasteiger partial charge in [-0.3, -0.25) is 4.79 Å². The molecular weight excluding hydrogens is 376 g/mol. The van der Waals surface area contributed by atoms with Crippen LogP contribution < -0.4 is 15.4 Å². The maximum Gasteiger partial charge on any atom is 0.274 e. The van der Waals surface area contributed by atoms with Gasteiger partial charge >= 0.3 is 0 Å². The maximum atomic E-state index is 12.8. The van der Waals surface area contributed by atoms with Gasteiger partial charge < -0.3 is 15.4 Å². The van der Waals surface area contributed by atoms with Crippen LogP contribution in [0.5, 0.6) is 5.75 Å². The van der Waals surface area contributed by atoms with Crippen LogP contribution in [0.2, 0.25) is 0 Å². The van der Waals surface area contributed by atoms with Crippen LogP contribution in [0.15, 0.2) is 91.0 Å². The fourth-order valence-electron chi connectivity index (χ4n) is 2.88. The second kappa shape index (κ2) is 8.87. The molecule has 2 N–H and O–H groups in total. The van der Waals surface area contributed by atoms with Crippen LogP contribution in [0.25, 0.3) is 11.4 Å². The Morgan fingerprint density at radius 3 is 2.13 bits per heavy atom. The fourth-order valence-corrected chi connectivity index (χ4v) is 2.88. The van der Waals surface area contributed by atoms with E-state index in [1.54, 1.807) is 13.2 Å². The number of carbonyl (C=O) groups excluding carboxylic acids is 1. The van der Waals surface area contributed by atoms with E-state index in [4.69, 9.17) is 4.74 Å². The quantitative estimate of drug-likeness (QED) is 0.471. The third-order valence-electron chi connectivity index (χ3n) is 4.38. The van der Waals surface area contributed by atoms with Gasteiger partial charge in [-0.2, -0.15) is 0 Å². The molecule has 0 spiro atoms. The first-order valence-electron chi connectivity index (χ1n) is 9.43. The van der Waals surface area contributed by atoms with Gasteiger partial charge in [-0.15, -0.1) is 0 Å². The topological polar surface area (TPSA) is 76.1 Å². The van der Waals surface area contributed by atoms with Crippen molar-refractivity contribution in [1.82, 2.24) is 9.97 Å². The number of benzene rings is 3. The first kappa shape index (κ1) is 19.1. The van der Waals surface area contributed by atoms with Crippen molar-refractivity contribution in [3.8, 4) is 17.1 Å². The average Bonchev–Trinajstić information content (AvgIpc) is 2.80. The molecule has 3 aromatic carbocycles. The predicted molar refractivity (Wildman–Crippen MR) is 118 cm³/mol. The molecule has 6 nitrogen and oxygen atoms in total. The lowest BCUT2D eigenvalue weighted by molar-refractivity contribution is 0.102. The Morgan fingerprint density at radius 2 is 1.47 bits per heavy atom. The highest BCUT2D eigenvalue weighted by atomic mass is 16.5. The summed E-state index contributed by atoms with van der Waals surface area (Å²) >= 11 is 0. The van der Waals surface area contributed by atoms with Crippen LogP contribution in [-0.4, -0.2) is 23.0 Å². The number of rotatable bonds is 6. The molecule has 0 aliphatic rings. The molecule has 0 unspecified atom stereocenters. The SMILES string of the molecule is COc1ccc(Nc2cc(C(=O)Nc3ccccc3)nc(-c3ccccc3)n2)cc1. The van der Waals surface area contributed by atoms with E-state index in [0.717, 1.165) is 17.0 Å². The third kappa shape index (κ3) is 4.62. The number of hydrogen-bond acceptors (Lipinski definition) is 5. The van der Waals surface area contributed by atoms with Crippen LogP contribution in [0.4, 0.5) is 17.2 Å². The first-order chi connectivity index (χ1) is 14.7. The number of methoxy groups -OCH3 is 1. The molecule has 0 aliphatic heterocycles. The largest absolute Gasteiger partial charge is 0.497 e. The number of nitrogens with zero attached hydrogens (tertiary/aromatic N) is 2. The summed E-state index contributed by atoms with van der Waals surface area (Å²) in [5.41, 5.74) is 2.61. The molecule has 4 aromatic rings. The van der Waals surface area contributed by atoms with E-state index >= 15 is 0 Å². The number of amides is 1. The van der Waals surface area contributed by atoms with Crippen LogP contribution in [0.1, 0.15) is 10.5 Å². The Morgan fingerprint density at radius 1 is 0.800 bits per heavy atom. The van der Waals surface area contributed by atoms with Gasteiger partial charge in [-0.1, -0.05) is 48.5 Å². The monoisotopic (exact) mass is 396 g/mol. The molecular formula is C24H20N4O2. The summed E-state index contributed by atoms with van der Waals surface area (Å²) in [6, 6.07) is 27.9. The zero-order valence-corrected chi connectivity index (χ0v) is 16.4. The molecule has 0 saturated carbocycles. The summed E-state index contributed by atoms with van der Waals surface area (Å²) in [5.74, 6) is 1.44. The van der Waals surface area contributed by atoms with E-state index in [1.165, 1.54) is 0 Å². The highest BCUT2D eigenvalue weighted by Gasteiger charge is 2.14. The molecule has 4 rings (SSSR count). The van der Waals surface area contributed by atoms with Crippen molar-refractivity contribution in [2.24, 2.45) is 0 Å². The van der Waals surface area contributed by atoms with Crippen LogP contribution in [0.3, 0.4) is 0 Å². The lowest BCUT2D eigenvalue weighted by Crippen LogP contribution is -2.15. The predicted octanol–water partition coefficient (Wildman–Crippen LogP) is 5.15. The Labute approximate surface area is 174 Å². The van der Waals surface area contributed by atoms with Crippen molar-refractivity contribution < 1.29 is 9.53 Å². The second-order valence-corrected chi connectivity index (χ2v) is 6.50. The Kier molecular flexibility index (Phi) is 5.66. The fraction of sp³-hybridized carbons (Fsp3) is 0.0417. The van der Waals surface area contributed by atoms with Gasteiger partial charge in [-0.05, 0) is 36.4 Å². The minimum Gasteiger partial charge on any atom is -0.497 e. The van der Waals surface area contributed by atoms with E-state index in [-0.39, 0.29) is 11.6 Å². The van der Waals surface area contributed by atoms with Crippen molar-refractivity contribution in [1.29, 1.82) is 0 Å². The molecule has 0 fully saturated rings. The second-order valence-electron chi connectivity index (χ2n) is 6.50. The summed E-state index contributed by atoms with van der Waals surface area (Å²) in [6.45, 7) is 0. The number of nitrogens with one attached hydrogen (secondary N) is 2. The standard InChI is InChI=1S/C24H20N4O2/c1-30-20-14-12-19(13-15-20)25-22-16-21(24(29)26-18-10-6-3-7-11-18)27-23(28-22)17-8-4-2-5-9-17/h2-16H,1H3,(H,26,29)(H,25,27,28). The van der Waals surface area contributed by atoms with E-state index in [2.05, 4.69) is 20.6 Å². The lowest BCUT2D eigenvalue weighted by Gasteiger charge is -2.11. The summed E-state index contributed by atoms with van der Waals surface area (Å²) in [6.07, 6.45) is 0. The number of hydrogen-bond donors (Lipinski definition) is 2. The van der Waals surface area contributed by atoms with Crippen LogP contribution in [-0.2, 0) is 0 Å². The lowest BCUT2D eigenvalue weighted by atomic mass is 10.2. The van der Waals surface area contributed by atoms with Crippen molar-refractivity contribution in [3.05, 3.63) is 96.7 Å². The molecule has 0 saturated heterocycles. The van der Waals surface area contributed by atoms with E-state index in [9.17, 15) is 4.79 Å². The summed E-state index contributed by atoms with van der Waals surface area (Å²) in [5, 5.41) is 6.11. The van der Waals surface area contributed by atoms with E-state index in [0.29, 0.717) is 17.3 Å². The Bertz CT molecular complexity index is 1130. The molecule has 0 bridgehead atoms. The zero-order valence-electron chi connectivity index (χ0n) is 16.4. The van der Waals surface area contributed by atoms with Gasteiger partial charge in [-0.25, -0.2) is 9.97 Å². The number of para-hydroxylation sites is 1. The van der Waals surface area contributed by atoms with E-state index in [1.807, 2.05) is 84.9 Å². The molecule has 1 amide bonds. The summed E-state index contributed by atoms with van der Waals surface area (Å²) in [4.78, 5) is 21.9. The molecule has 1 heterocycles. The summed E-state index contributed by atoms with van der Waals surface area (Å²) < 4.78 is 5.20. The van der Waals surface area contributed by atoms with Gasteiger partial charge in [0.05, 0.1) is 7.11 Å². The number of aromatic nitrogens is 2. The summed E-state index contributed by atoms with van der Waals surface area (Å²) in [7, 11) is 1.62. The average molecular weight is 396 g/mol. The van der Waals surface area contributed by atoms with Gasteiger partial charge in [0.2, 0.25) is 0 Å². The molecule has 30 heavy (non-hydrogen) atoms. The molecule has 0 atom stereocenters. The third-order valence-corrected chi connectivity index (χ3v) is 4.38. The molecule has 1 aromatic heterocycles. The Hall–Kier alpha value is -4.19. The minimum absolute atomic E-state index is 0.267. The molecule has 148 valence electrons. The van der Waals surface area contributed by atoms with Crippen molar-refractivity contribution >= 4 is 23.1 Å². The van der Waals surface area contributed by atoms with Crippen LogP contribution >= 0.6 is 0 Å². The van der Waals surface area contributed by atoms with Gasteiger partial charge in [0.25, 0.3) is 5.91 Å². The smallest absolute Gasteiger partial charge is 0.274 e. The van der Waals surface area contributed by atoms with E-state index < -0.39 is 0 Å². The van der Waals surface area contributed by atoms with Crippen LogP contribution in [0, 0.1) is 0 Å². The first-order valence-corrected chi connectivity index (χ1v) is 9.43. The highest BCUT2D eigenvalue weighted by Crippen LogP contribution is 2.23. The van der Waals surface area contributed by atoms with Crippen molar-refractivity contribution in [2.75, 3.05) is 17.7 Å². The normalized spacial score (nSPS) is 10.3. The van der Waals surface area contributed by atoms with Gasteiger partial charge in [0.15, 0.2) is 5.82 Å².